The molecule has 6 nitrogen and oxygen atoms in total. The standard InChI is InChI=1S/C19H17F3N2O4/c20-19(21,22)28-15-3-1-2-12(8-15)11-27-18(26)23-7-6-13-10-24-17-5-4-14(25)9-16(13)17/h1-5,8-10,24-25H,6-7,11H2,(H,23,26). The molecule has 1 amide bonds. The number of phenolic OH excluding ortho intramolecular Hbond substituents is 1. The normalized spacial score (nSPS) is 11.4. The Bertz CT molecular complexity index is 969. The number of aromatic amines is 1. The molecule has 0 aliphatic carbocycles. The summed E-state index contributed by atoms with van der Waals surface area (Å²) in [6.07, 6.45) is -3.17. The van der Waals surface area contributed by atoms with E-state index in [1.165, 1.54) is 12.1 Å². The number of alkyl carbamates (subject to hydrolysis) is 1. The monoisotopic (exact) mass is 394 g/mol. The Kier molecular flexibility index (Phi) is 5.62. The summed E-state index contributed by atoms with van der Waals surface area (Å²) < 4.78 is 45.5. The van der Waals surface area contributed by atoms with Gasteiger partial charge in [-0.1, -0.05) is 12.1 Å². The van der Waals surface area contributed by atoms with Crippen LogP contribution < -0.4 is 10.1 Å². The molecular formula is C19H17F3N2O4. The molecule has 0 spiro atoms. The Morgan fingerprint density at radius 3 is 2.79 bits per heavy atom. The van der Waals surface area contributed by atoms with Gasteiger partial charge in [-0.2, -0.15) is 0 Å². The van der Waals surface area contributed by atoms with E-state index in [1.54, 1.807) is 24.4 Å². The van der Waals surface area contributed by atoms with Gasteiger partial charge < -0.3 is 24.9 Å². The number of aromatic hydroxyl groups is 1. The molecule has 0 bridgehead atoms. The van der Waals surface area contributed by atoms with Crippen molar-refractivity contribution in [1.29, 1.82) is 0 Å². The van der Waals surface area contributed by atoms with E-state index in [0.717, 1.165) is 28.6 Å². The summed E-state index contributed by atoms with van der Waals surface area (Å²) in [6, 6.07) is 10.2. The first-order valence-electron chi connectivity index (χ1n) is 8.34. The van der Waals surface area contributed by atoms with Crippen LogP contribution in [0.25, 0.3) is 10.9 Å². The highest BCUT2D eigenvalue weighted by atomic mass is 19.4. The quantitative estimate of drug-likeness (QED) is 0.584. The Morgan fingerprint density at radius 1 is 1.18 bits per heavy atom. The van der Waals surface area contributed by atoms with Crippen molar-refractivity contribution in [1.82, 2.24) is 10.3 Å². The fourth-order valence-corrected chi connectivity index (χ4v) is 2.70. The number of carbonyl (C=O) groups excluding carboxylic acids is 1. The first kappa shape index (κ1) is 19.4. The second-order valence-electron chi connectivity index (χ2n) is 5.99. The maximum atomic E-state index is 12.2. The molecule has 1 aromatic heterocycles. The lowest BCUT2D eigenvalue weighted by Gasteiger charge is -2.10. The van der Waals surface area contributed by atoms with Gasteiger partial charge in [0.2, 0.25) is 0 Å². The molecule has 0 aliphatic rings. The van der Waals surface area contributed by atoms with Crippen LogP contribution in [0.5, 0.6) is 11.5 Å². The number of aromatic nitrogens is 1. The number of H-pyrrole nitrogens is 1. The average molecular weight is 394 g/mol. The zero-order valence-corrected chi connectivity index (χ0v) is 14.5. The summed E-state index contributed by atoms with van der Waals surface area (Å²) in [5, 5.41) is 13.0. The van der Waals surface area contributed by atoms with Crippen molar-refractivity contribution in [2.24, 2.45) is 0 Å². The maximum absolute atomic E-state index is 12.2. The fraction of sp³-hybridized carbons (Fsp3) is 0.211. The number of carbonyl (C=O) groups is 1. The van der Waals surface area contributed by atoms with E-state index in [9.17, 15) is 23.1 Å². The molecule has 0 radical (unpaired) electrons. The van der Waals surface area contributed by atoms with E-state index in [1.807, 2.05) is 0 Å². The number of rotatable bonds is 6. The van der Waals surface area contributed by atoms with Gasteiger partial charge in [-0.3, -0.25) is 0 Å². The topological polar surface area (TPSA) is 83.6 Å². The maximum Gasteiger partial charge on any atom is 0.573 e. The smallest absolute Gasteiger partial charge is 0.508 e. The van der Waals surface area contributed by atoms with Crippen LogP contribution in [0.15, 0.2) is 48.7 Å². The van der Waals surface area contributed by atoms with Gasteiger partial charge in [0.25, 0.3) is 0 Å². The minimum Gasteiger partial charge on any atom is -0.508 e. The first-order valence-corrected chi connectivity index (χ1v) is 8.34. The zero-order valence-electron chi connectivity index (χ0n) is 14.5. The minimum absolute atomic E-state index is 0.150. The second-order valence-corrected chi connectivity index (χ2v) is 5.99. The van der Waals surface area contributed by atoms with E-state index >= 15 is 0 Å². The Labute approximate surface area is 157 Å². The van der Waals surface area contributed by atoms with Crippen LogP contribution in [0.1, 0.15) is 11.1 Å². The van der Waals surface area contributed by atoms with Crippen molar-refractivity contribution in [3.8, 4) is 11.5 Å². The molecule has 0 aliphatic heterocycles. The molecule has 3 N–H and O–H groups in total. The predicted octanol–water partition coefficient (Wildman–Crippen LogP) is 4.24. The number of benzene rings is 2. The van der Waals surface area contributed by atoms with Gasteiger partial charge in [0, 0.05) is 23.6 Å². The molecule has 3 rings (SSSR count). The third-order valence-corrected chi connectivity index (χ3v) is 3.92. The summed E-state index contributed by atoms with van der Waals surface area (Å²) in [6.45, 7) is 0.0977. The number of alkyl halides is 3. The molecule has 0 atom stereocenters. The zero-order chi connectivity index (χ0) is 20.1. The lowest BCUT2D eigenvalue weighted by Crippen LogP contribution is -2.26. The van der Waals surface area contributed by atoms with Crippen molar-refractivity contribution in [3.63, 3.8) is 0 Å². The van der Waals surface area contributed by atoms with Crippen molar-refractivity contribution < 1.29 is 32.5 Å². The molecule has 2 aromatic carbocycles. The highest BCUT2D eigenvalue weighted by Crippen LogP contribution is 2.24. The van der Waals surface area contributed by atoms with Gasteiger partial charge in [-0.15, -0.1) is 13.2 Å². The van der Waals surface area contributed by atoms with Crippen LogP contribution in [0.3, 0.4) is 0 Å². The van der Waals surface area contributed by atoms with Crippen LogP contribution in [-0.2, 0) is 17.8 Å². The molecule has 28 heavy (non-hydrogen) atoms. The lowest BCUT2D eigenvalue weighted by atomic mass is 10.1. The van der Waals surface area contributed by atoms with Crippen molar-refractivity contribution in [3.05, 3.63) is 59.8 Å². The van der Waals surface area contributed by atoms with Crippen LogP contribution in [0, 0.1) is 0 Å². The molecule has 0 saturated carbocycles. The summed E-state index contributed by atoms with van der Waals surface area (Å²) >= 11 is 0. The van der Waals surface area contributed by atoms with Gasteiger partial charge in [-0.25, -0.2) is 4.79 Å². The molecular weight excluding hydrogens is 377 g/mol. The number of phenols is 1. The van der Waals surface area contributed by atoms with Gasteiger partial charge in [0.1, 0.15) is 18.1 Å². The highest BCUT2D eigenvalue weighted by molar-refractivity contribution is 5.84. The summed E-state index contributed by atoms with van der Waals surface area (Å²) in [5.74, 6) is -0.228. The third-order valence-electron chi connectivity index (χ3n) is 3.92. The Morgan fingerprint density at radius 2 is 2.00 bits per heavy atom. The van der Waals surface area contributed by atoms with Crippen LogP contribution >= 0.6 is 0 Å². The molecule has 148 valence electrons. The van der Waals surface area contributed by atoms with Crippen LogP contribution in [0.2, 0.25) is 0 Å². The predicted molar refractivity (Wildman–Crippen MR) is 95.0 cm³/mol. The number of halogens is 3. The molecule has 0 fully saturated rings. The SMILES string of the molecule is O=C(NCCc1c[nH]c2ccc(O)cc12)OCc1cccc(OC(F)(F)F)c1. The minimum atomic E-state index is -4.78. The molecule has 0 saturated heterocycles. The fourth-order valence-electron chi connectivity index (χ4n) is 2.70. The Balaban J connectivity index is 1.47. The van der Waals surface area contributed by atoms with Gasteiger partial charge in [0.05, 0.1) is 0 Å². The van der Waals surface area contributed by atoms with E-state index in [-0.39, 0.29) is 18.1 Å². The molecule has 0 unspecified atom stereocenters. The van der Waals surface area contributed by atoms with Gasteiger partial charge in [-0.05, 0) is 47.9 Å². The van der Waals surface area contributed by atoms with Crippen molar-refractivity contribution in [2.75, 3.05) is 6.54 Å². The van der Waals surface area contributed by atoms with Gasteiger partial charge in [0.15, 0.2) is 0 Å². The average Bonchev–Trinajstić information content (AvgIpc) is 3.01. The van der Waals surface area contributed by atoms with Gasteiger partial charge >= 0.3 is 12.5 Å². The summed E-state index contributed by atoms with van der Waals surface area (Å²) in [4.78, 5) is 14.9. The van der Waals surface area contributed by atoms with E-state index in [4.69, 9.17) is 4.74 Å². The molecule has 3 aromatic rings. The summed E-state index contributed by atoms with van der Waals surface area (Å²) in [7, 11) is 0. The number of amides is 1. The third kappa shape index (κ3) is 5.32. The molecule has 1 heterocycles. The van der Waals surface area contributed by atoms with Crippen molar-refractivity contribution >= 4 is 17.0 Å². The van der Waals surface area contributed by atoms with E-state index in [0.29, 0.717) is 18.5 Å². The van der Waals surface area contributed by atoms with Crippen LogP contribution in [-0.4, -0.2) is 29.1 Å². The number of ether oxygens (including phenoxy) is 2. The van der Waals surface area contributed by atoms with E-state index < -0.39 is 12.5 Å². The number of fused-ring (bicyclic) bond motifs is 1. The number of nitrogens with one attached hydrogen (secondary N) is 2. The largest absolute Gasteiger partial charge is 0.573 e. The van der Waals surface area contributed by atoms with E-state index in [2.05, 4.69) is 15.0 Å². The summed E-state index contributed by atoms with van der Waals surface area (Å²) in [5.41, 5.74) is 2.16. The van der Waals surface area contributed by atoms with Crippen LogP contribution in [0.4, 0.5) is 18.0 Å². The number of hydrogen-bond donors (Lipinski definition) is 3. The lowest BCUT2D eigenvalue weighted by molar-refractivity contribution is -0.274. The second kappa shape index (κ2) is 8.12. The highest BCUT2D eigenvalue weighted by Gasteiger charge is 2.31. The molecule has 9 heteroatoms. The first-order chi connectivity index (χ1) is 13.3. The Hall–Kier alpha value is -3.36. The number of hydrogen-bond acceptors (Lipinski definition) is 4. The van der Waals surface area contributed by atoms with Crippen molar-refractivity contribution in [2.45, 2.75) is 19.4 Å².